The van der Waals surface area contributed by atoms with Gasteiger partial charge in [-0.3, -0.25) is 9.59 Å². The number of halogens is 1. The molecule has 4 rings (SSSR count). The van der Waals surface area contributed by atoms with Crippen LogP contribution in [-0.4, -0.2) is 24.1 Å². The molecule has 0 aliphatic rings. The van der Waals surface area contributed by atoms with E-state index in [1.165, 1.54) is 24.3 Å². The maximum absolute atomic E-state index is 13.2. The summed E-state index contributed by atoms with van der Waals surface area (Å²) in [6.45, 7) is 1.63. The van der Waals surface area contributed by atoms with Gasteiger partial charge in [0.1, 0.15) is 28.6 Å². The standard InChI is InChI=1S/C25H20FN3O4/c1-15-22(23(29-33-15)16-3-7-18(26)8-4-16)25(31)28-19-9-5-17(6-10-19)24(30)27-20-11-13-21(32-2)14-12-20/h3-14H,1-2H3,(H,27,30)(H,28,31). The second-order valence-corrected chi connectivity index (χ2v) is 7.18. The van der Waals surface area contributed by atoms with Gasteiger partial charge < -0.3 is 19.9 Å². The molecule has 0 unspecified atom stereocenters. The lowest BCUT2D eigenvalue weighted by Gasteiger charge is -2.08. The zero-order valence-corrected chi connectivity index (χ0v) is 17.9. The van der Waals surface area contributed by atoms with Gasteiger partial charge in [-0.25, -0.2) is 4.39 Å². The van der Waals surface area contributed by atoms with Gasteiger partial charge in [0.15, 0.2) is 0 Å². The van der Waals surface area contributed by atoms with E-state index in [-0.39, 0.29) is 17.3 Å². The molecule has 2 N–H and O–H groups in total. The molecule has 0 fully saturated rings. The van der Waals surface area contributed by atoms with E-state index in [4.69, 9.17) is 9.26 Å². The fraction of sp³-hybridized carbons (Fsp3) is 0.0800. The van der Waals surface area contributed by atoms with Gasteiger partial charge in [-0.2, -0.15) is 0 Å². The van der Waals surface area contributed by atoms with E-state index in [9.17, 15) is 14.0 Å². The van der Waals surface area contributed by atoms with Crippen molar-refractivity contribution in [3.05, 3.63) is 95.5 Å². The number of ether oxygens (including phenoxy) is 1. The van der Waals surface area contributed by atoms with Crippen molar-refractivity contribution in [2.75, 3.05) is 17.7 Å². The number of benzene rings is 3. The molecule has 8 heteroatoms. The van der Waals surface area contributed by atoms with Crippen LogP contribution < -0.4 is 15.4 Å². The molecule has 0 bridgehead atoms. The topological polar surface area (TPSA) is 93.5 Å². The van der Waals surface area contributed by atoms with Gasteiger partial charge in [0.05, 0.1) is 7.11 Å². The van der Waals surface area contributed by atoms with Crippen molar-refractivity contribution >= 4 is 23.2 Å². The Kier molecular flexibility index (Phi) is 6.17. The number of nitrogens with zero attached hydrogens (tertiary/aromatic N) is 1. The van der Waals surface area contributed by atoms with E-state index in [1.807, 2.05) is 0 Å². The van der Waals surface area contributed by atoms with Crippen molar-refractivity contribution in [1.82, 2.24) is 5.16 Å². The number of aromatic nitrogens is 1. The summed E-state index contributed by atoms with van der Waals surface area (Å²) in [7, 11) is 1.57. The number of nitrogens with one attached hydrogen (secondary N) is 2. The Labute approximate surface area is 189 Å². The highest BCUT2D eigenvalue weighted by atomic mass is 19.1. The first-order valence-corrected chi connectivity index (χ1v) is 10.0. The zero-order chi connectivity index (χ0) is 23.4. The van der Waals surface area contributed by atoms with Gasteiger partial charge in [0, 0.05) is 22.5 Å². The molecule has 0 aliphatic carbocycles. The van der Waals surface area contributed by atoms with Crippen molar-refractivity contribution in [2.24, 2.45) is 0 Å². The molecule has 7 nitrogen and oxygen atoms in total. The van der Waals surface area contributed by atoms with E-state index in [0.717, 1.165) is 0 Å². The third-order valence-electron chi connectivity index (χ3n) is 4.96. The molecule has 1 heterocycles. The Balaban J connectivity index is 1.46. The summed E-state index contributed by atoms with van der Waals surface area (Å²) in [6.07, 6.45) is 0. The Hall–Kier alpha value is -4.46. The molecule has 33 heavy (non-hydrogen) atoms. The first-order valence-electron chi connectivity index (χ1n) is 10.0. The maximum Gasteiger partial charge on any atom is 0.261 e. The van der Waals surface area contributed by atoms with Crippen molar-refractivity contribution in [2.45, 2.75) is 6.92 Å². The molecule has 1 aromatic heterocycles. The van der Waals surface area contributed by atoms with Gasteiger partial charge in [-0.05, 0) is 79.7 Å². The SMILES string of the molecule is COc1ccc(NC(=O)c2ccc(NC(=O)c3c(-c4ccc(F)cc4)noc3C)cc2)cc1. The van der Waals surface area contributed by atoms with Gasteiger partial charge in [-0.1, -0.05) is 5.16 Å². The molecule has 0 aliphatic heterocycles. The molecule has 2 amide bonds. The molecule has 0 saturated carbocycles. The van der Waals surface area contributed by atoms with E-state index < -0.39 is 5.91 Å². The van der Waals surface area contributed by atoms with E-state index >= 15 is 0 Å². The highest BCUT2D eigenvalue weighted by Gasteiger charge is 2.22. The number of methoxy groups -OCH3 is 1. The first kappa shape index (κ1) is 21.8. The normalized spacial score (nSPS) is 10.5. The monoisotopic (exact) mass is 445 g/mol. The van der Waals surface area contributed by atoms with Crippen molar-refractivity contribution in [3.63, 3.8) is 0 Å². The van der Waals surface area contributed by atoms with Crippen molar-refractivity contribution < 1.29 is 23.2 Å². The van der Waals surface area contributed by atoms with Crippen molar-refractivity contribution in [3.8, 4) is 17.0 Å². The number of aryl methyl sites for hydroxylation is 1. The second kappa shape index (κ2) is 9.35. The van der Waals surface area contributed by atoms with Crippen LogP contribution in [0.4, 0.5) is 15.8 Å². The van der Waals surface area contributed by atoms with Gasteiger partial charge >= 0.3 is 0 Å². The Morgan fingerprint density at radius 2 is 1.42 bits per heavy atom. The minimum absolute atomic E-state index is 0.253. The van der Waals surface area contributed by atoms with Crippen LogP contribution in [0, 0.1) is 12.7 Å². The third kappa shape index (κ3) is 4.90. The minimum Gasteiger partial charge on any atom is -0.497 e. The number of carbonyl (C=O) groups is 2. The average molecular weight is 445 g/mol. The molecular weight excluding hydrogens is 425 g/mol. The molecule has 0 saturated heterocycles. The van der Waals surface area contributed by atoms with Crippen LogP contribution in [0.1, 0.15) is 26.5 Å². The average Bonchev–Trinajstić information content (AvgIpc) is 3.22. The van der Waals surface area contributed by atoms with Crippen molar-refractivity contribution in [1.29, 1.82) is 0 Å². The Morgan fingerprint density at radius 3 is 2.03 bits per heavy atom. The van der Waals surface area contributed by atoms with E-state index in [0.29, 0.717) is 39.7 Å². The lowest BCUT2D eigenvalue weighted by Crippen LogP contribution is -2.14. The fourth-order valence-electron chi connectivity index (χ4n) is 3.22. The highest BCUT2D eigenvalue weighted by Crippen LogP contribution is 2.26. The quantitative estimate of drug-likeness (QED) is 0.420. The predicted molar refractivity (Wildman–Crippen MR) is 122 cm³/mol. The number of rotatable bonds is 6. The van der Waals surface area contributed by atoms with E-state index in [1.54, 1.807) is 62.6 Å². The smallest absolute Gasteiger partial charge is 0.261 e. The number of hydrogen-bond donors (Lipinski definition) is 2. The summed E-state index contributed by atoms with van der Waals surface area (Å²) in [5.41, 5.74) is 2.69. The second-order valence-electron chi connectivity index (χ2n) is 7.18. The summed E-state index contributed by atoms with van der Waals surface area (Å²) in [5.74, 6) is -0.0721. The number of amides is 2. The zero-order valence-electron chi connectivity index (χ0n) is 17.9. The molecule has 166 valence electrons. The lowest BCUT2D eigenvalue weighted by atomic mass is 10.1. The number of hydrogen-bond acceptors (Lipinski definition) is 5. The number of carbonyl (C=O) groups excluding carboxylic acids is 2. The lowest BCUT2D eigenvalue weighted by molar-refractivity contribution is 0.101. The molecule has 4 aromatic rings. The summed E-state index contributed by atoms with van der Waals surface area (Å²) >= 11 is 0. The van der Waals surface area contributed by atoms with Crippen LogP contribution in [0.2, 0.25) is 0 Å². The molecule has 0 radical (unpaired) electrons. The molecule has 3 aromatic carbocycles. The van der Waals surface area contributed by atoms with E-state index in [2.05, 4.69) is 15.8 Å². The van der Waals surface area contributed by atoms with Gasteiger partial charge in [0.25, 0.3) is 11.8 Å². The molecule has 0 spiro atoms. The Bertz CT molecular complexity index is 1280. The molecular formula is C25H20FN3O4. The summed E-state index contributed by atoms with van der Waals surface area (Å²) in [6, 6.07) is 19.1. The predicted octanol–water partition coefficient (Wildman–Crippen LogP) is 5.30. The Morgan fingerprint density at radius 1 is 0.848 bits per heavy atom. The van der Waals surface area contributed by atoms with Gasteiger partial charge in [0.2, 0.25) is 0 Å². The third-order valence-corrected chi connectivity index (χ3v) is 4.96. The minimum atomic E-state index is -0.427. The molecule has 0 atom stereocenters. The van der Waals surface area contributed by atoms with Gasteiger partial charge in [-0.15, -0.1) is 0 Å². The van der Waals surface area contributed by atoms with Crippen LogP contribution in [0.15, 0.2) is 77.3 Å². The highest BCUT2D eigenvalue weighted by molar-refractivity contribution is 6.09. The fourth-order valence-corrected chi connectivity index (χ4v) is 3.22. The van der Waals surface area contributed by atoms with Crippen LogP contribution in [0.5, 0.6) is 5.75 Å². The summed E-state index contributed by atoms with van der Waals surface area (Å²) in [4.78, 5) is 25.4. The maximum atomic E-state index is 13.2. The summed E-state index contributed by atoms with van der Waals surface area (Å²) < 4.78 is 23.5. The first-order chi connectivity index (χ1) is 15.9. The van der Waals surface area contributed by atoms with Crippen LogP contribution in [-0.2, 0) is 0 Å². The van der Waals surface area contributed by atoms with Crippen LogP contribution in [0.3, 0.4) is 0 Å². The van der Waals surface area contributed by atoms with Crippen LogP contribution in [0.25, 0.3) is 11.3 Å². The number of anilines is 2. The largest absolute Gasteiger partial charge is 0.497 e. The summed E-state index contributed by atoms with van der Waals surface area (Å²) in [5, 5.41) is 9.52. The van der Waals surface area contributed by atoms with Crippen LogP contribution >= 0.6 is 0 Å².